The van der Waals surface area contributed by atoms with Gasteiger partial charge in [-0.25, -0.2) is 4.79 Å². The summed E-state index contributed by atoms with van der Waals surface area (Å²) in [6.45, 7) is 1.90. The van der Waals surface area contributed by atoms with Gasteiger partial charge in [0, 0.05) is 45.1 Å². The maximum atomic E-state index is 13.2. The Labute approximate surface area is 200 Å². The Hall–Kier alpha value is -3.19. The first-order valence-corrected chi connectivity index (χ1v) is 11.9. The van der Waals surface area contributed by atoms with Crippen LogP contribution in [0, 0.1) is 0 Å². The summed E-state index contributed by atoms with van der Waals surface area (Å²) in [5, 5.41) is 1.66. The number of rotatable bonds is 5. The average Bonchev–Trinajstić information content (AvgIpc) is 2.85. The van der Waals surface area contributed by atoms with E-state index in [1.54, 1.807) is 30.3 Å². The summed E-state index contributed by atoms with van der Waals surface area (Å²) in [6, 6.07) is 16.3. The zero-order chi connectivity index (χ0) is 22.9. The van der Waals surface area contributed by atoms with Crippen LogP contribution in [-0.4, -0.2) is 48.9 Å². The molecule has 2 aliphatic rings. The molecule has 3 aromatic carbocycles. The van der Waals surface area contributed by atoms with Gasteiger partial charge in [-0.05, 0) is 61.7 Å². The summed E-state index contributed by atoms with van der Waals surface area (Å²) in [5.41, 5.74) is 2.52. The number of hydrogen-bond donors (Lipinski definition) is 0. The molecule has 0 spiro atoms. The number of piperidine rings is 1. The molecule has 33 heavy (non-hydrogen) atoms. The molecule has 0 saturated carbocycles. The van der Waals surface area contributed by atoms with Gasteiger partial charge in [-0.1, -0.05) is 28.1 Å². The lowest BCUT2D eigenvalue weighted by Gasteiger charge is -2.32. The molecule has 7 heteroatoms. The predicted molar refractivity (Wildman–Crippen MR) is 130 cm³/mol. The average molecular weight is 507 g/mol. The minimum absolute atomic E-state index is 0.00361. The minimum atomic E-state index is -0.493. The zero-order valence-electron chi connectivity index (χ0n) is 18.1. The van der Waals surface area contributed by atoms with E-state index in [4.69, 9.17) is 4.74 Å². The molecule has 5 rings (SSSR count). The first-order valence-electron chi connectivity index (χ1n) is 11.1. The van der Waals surface area contributed by atoms with Crippen LogP contribution in [-0.2, 0) is 4.74 Å². The number of carbonyl (C=O) groups excluding carboxylic acids is 3. The van der Waals surface area contributed by atoms with Gasteiger partial charge in [0.05, 0.1) is 12.1 Å². The zero-order valence-corrected chi connectivity index (χ0v) is 19.6. The summed E-state index contributed by atoms with van der Waals surface area (Å²) in [6.07, 6.45) is 3.52. The molecule has 2 amide bonds. The molecule has 0 N–H and O–H groups in total. The third-order valence-corrected chi connectivity index (χ3v) is 6.82. The van der Waals surface area contributed by atoms with Crippen molar-refractivity contribution in [3.8, 4) is 0 Å². The standard InChI is InChI=1S/C26H23BrN2O4/c27-18-9-7-17(8-10-18)26(32)33-16-15-29-24(30)20-6-4-5-19-22(28-13-2-1-3-14-28)12-11-21(23(19)20)25(29)31/h4-12H,1-3,13-16H2. The van der Waals surface area contributed by atoms with Crippen molar-refractivity contribution in [3.63, 3.8) is 0 Å². The Kier molecular flexibility index (Phi) is 5.89. The third-order valence-electron chi connectivity index (χ3n) is 6.29. The summed E-state index contributed by atoms with van der Waals surface area (Å²) >= 11 is 3.33. The van der Waals surface area contributed by atoms with Gasteiger partial charge < -0.3 is 9.64 Å². The van der Waals surface area contributed by atoms with Gasteiger partial charge >= 0.3 is 5.97 Å². The number of hydrogen-bond acceptors (Lipinski definition) is 5. The Morgan fingerprint density at radius 1 is 0.879 bits per heavy atom. The van der Waals surface area contributed by atoms with Gasteiger partial charge in [-0.15, -0.1) is 0 Å². The summed E-state index contributed by atoms with van der Waals surface area (Å²) in [4.78, 5) is 42.2. The molecule has 6 nitrogen and oxygen atoms in total. The second kappa shape index (κ2) is 8.98. The van der Waals surface area contributed by atoms with Crippen LogP contribution in [0.3, 0.4) is 0 Å². The Morgan fingerprint density at radius 2 is 1.58 bits per heavy atom. The Balaban J connectivity index is 1.37. The van der Waals surface area contributed by atoms with Crippen LogP contribution in [0.25, 0.3) is 10.8 Å². The van der Waals surface area contributed by atoms with E-state index in [9.17, 15) is 14.4 Å². The number of esters is 1. The lowest BCUT2D eigenvalue weighted by atomic mass is 9.92. The van der Waals surface area contributed by atoms with Crippen molar-refractivity contribution < 1.29 is 19.1 Å². The molecule has 1 saturated heterocycles. The molecule has 168 valence electrons. The number of benzene rings is 3. The van der Waals surface area contributed by atoms with Crippen LogP contribution in [0.15, 0.2) is 59.1 Å². The minimum Gasteiger partial charge on any atom is -0.460 e. The molecule has 0 atom stereocenters. The van der Waals surface area contributed by atoms with Gasteiger partial charge in [0.2, 0.25) is 0 Å². The maximum Gasteiger partial charge on any atom is 0.338 e. The van der Waals surface area contributed by atoms with E-state index >= 15 is 0 Å². The lowest BCUT2D eigenvalue weighted by Crippen LogP contribution is -2.42. The van der Waals surface area contributed by atoms with E-state index in [0.717, 1.165) is 46.9 Å². The molecule has 2 aliphatic heterocycles. The van der Waals surface area contributed by atoms with Crippen molar-refractivity contribution in [3.05, 3.63) is 75.8 Å². The predicted octanol–water partition coefficient (Wildman–Crippen LogP) is 5.05. The van der Waals surface area contributed by atoms with Crippen LogP contribution in [0.1, 0.15) is 50.3 Å². The van der Waals surface area contributed by atoms with Crippen molar-refractivity contribution in [2.24, 2.45) is 0 Å². The fourth-order valence-corrected chi connectivity index (χ4v) is 4.91. The highest BCUT2D eigenvalue weighted by molar-refractivity contribution is 9.10. The van der Waals surface area contributed by atoms with Crippen LogP contribution in [0.2, 0.25) is 0 Å². The fraction of sp³-hybridized carbons (Fsp3) is 0.269. The number of imide groups is 1. The van der Waals surface area contributed by atoms with Gasteiger partial charge in [-0.3, -0.25) is 14.5 Å². The molecule has 2 heterocycles. The first-order chi connectivity index (χ1) is 16.0. The third kappa shape index (κ3) is 4.02. The van der Waals surface area contributed by atoms with Crippen molar-refractivity contribution in [2.45, 2.75) is 19.3 Å². The molecular formula is C26H23BrN2O4. The van der Waals surface area contributed by atoms with Crippen LogP contribution >= 0.6 is 15.9 Å². The highest BCUT2D eigenvalue weighted by Crippen LogP contribution is 2.36. The lowest BCUT2D eigenvalue weighted by molar-refractivity contribution is 0.0405. The molecule has 0 radical (unpaired) electrons. The van der Waals surface area contributed by atoms with E-state index in [2.05, 4.69) is 20.8 Å². The van der Waals surface area contributed by atoms with E-state index in [1.165, 1.54) is 11.3 Å². The molecule has 0 aliphatic carbocycles. The normalized spacial score (nSPS) is 15.8. The van der Waals surface area contributed by atoms with Gasteiger partial charge in [0.25, 0.3) is 11.8 Å². The second-order valence-electron chi connectivity index (χ2n) is 8.31. The van der Waals surface area contributed by atoms with Gasteiger partial charge in [0.1, 0.15) is 6.61 Å². The van der Waals surface area contributed by atoms with Crippen LogP contribution < -0.4 is 4.90 Å². The quantitative estimate of drug-likeness (QED) is 0.358. The number of ether oxygens (including phenoxy) is 1. The van der Waals surface area contributed by atoms with E-state index < -0.39 is 5.97 Å². The molecule has 3 aromatic rings. The molecule has 1 fully saturated rings. The van der Waals surface area contributed by atoms with Crippen molar-refractivity contribution in [2.75, 3.05) is 31.1 Å². The first kappa shape index (κ1) is 21.6. The smallest absolute Gasteiger partial charge is 0.338 e. The van der Waals surface area contributed by atoms with E-state index in [1.807, 2.05) is 24.3 Å². The summed E-state index contributed by atoms with van der Waals surface area (Å²) in [5.74, 6) is -1.20. The molecular weight excluding hydrogens is 484 g/mol. The van der Waals surface area contributed by atoms with Crippen molar-refractivity contribution >= 4 is 50.2 Å². The fourth-order valence-electron chi connectivity index (χ4n) is 4.64. The highest BCUT2D eigenvalue weighted by atomic mass is 79.9. The van der Waals surface area contributed by atoms with E-state index in [0.29, 0.717) is 16.7 Å². The van der Waals surface area contributed by atoms with Crippen LogP contribution in [0.5, 0.6) is 0 Å². The van der Waals surface area contributed by atoms with Crippen molar-refractivity contribution in [1.82, 2.24) is 4.90 Å². The van der Waals surface area contributed by atoms with Gasteiger partial charge in [-0.2, -0.15) is 0 Å². The Morgan fingerprint density at radius 3 is 2.30 bits per heavy atom. The summed E-state index contributed by atoms with van der Waals surface area (Å²) in [7, 11) is 0. The van der Waals surface area contributed by atoms with Crippen molar-refractivity contribution in [1.29, 1.82) is 0 Å². The summed E-state index contributed by atoms with van der Waals surface area (Å²) < 4.78 is 6.18. The van der Waals surface area contributed by atoms with Gasteiger partial charge in [0.15, 0.2) is 0 Å². The number of amides is 2. The number of halogens is 1. The number of carbonyl (C=O) groups is 3. The SMILES string of the molecule is O=C(OCCN1C(=O)c2cccc3c(N4CCCCC4)ccc(c23)C1=O)c1ccc(Br)cc1. The maximum absolute atomic E-state index is 13.2. The Bertz CT molecular complexity index is 1230. The monoisotopic (exact) mass is 506 g/mol. The number of nitrogens with zero attached hydrogens (tertiary/aromatic N) is 2. The topological polar surface area (TPSA) is 66.9 Å². The van der Waals surface area contributed by atoms with Crippen LogP contribution in [0.4, 0.5) is 5.69 Å². The second-order valence-corrected chi connectivity index (χ2v) is 9.23. The molecule has 0 bridgehead atoms. The molecule has 0 aromatic heterocycles. The number of anilines is 1. The largest absolute Gasteiger partial charge is 0.460 e. The van der Waals surface area contributed by atoms with E-state index in [-0.39, 0.29) is 25.0 Å². The molecule has 0 unspecified atom stereocenters. The highest BCUT2D eigenvalue weighted by Gasteiger charge is 2.33.